The Morgan fingerprint density at radius 1 is 1.12 bits per heavy atom. The number of H-pyrrole nitrogens is 1. The average molecular weight is 386 g/mol. The first-order chi connectivity index (χ1) is 11.6. The lowest BCUT2D eigenvalue weighted by Gasteiger charge is -2.07. The Morgan fingerprint density at radius 2 is 1.88 bits per heavy atom. The van der Waals surface area contributed by atoms with Crippen LogP contribution in [0.2, 0.25) is 0 Å². The van der Waals surface area contributed by atoms with E-state index in [1.165, 1.54) is 0 Å². The molecule has 2 aromatic carbocycles. The number of benzene rings is 2. The van der Waals surface area contributed by atoms with Crippen LogP contribution < -0.4 is 10.9 Å². The first-order valence-electron chi connectivity index (χ1n) is 7.66. The van der Waals surface area contributed by atoms with Crippen molar-refractivity contribution in [2.24, 2.45) is 0 Å². The van der Waals surface area contributed by atoms with Gasteiger partial charge in [0.15, 0.2) is 0 Å². The Morgan fingerprint density at radius 3 is 2.71 bits per heavy atom. The summed E-state index contributed by atoms with van der Waals surface area (Å²) in [6.07, 6.45) is 1.51. The van der Waals surface area contributed by atoms with Gasteiger partial charge in [-0.25, -0.2) is 4.98 Å². The zero-order valence-corrected chi connectivity index (χ0v) is 14.5. The second-order valence-corrected chi connectivity index (χ2v) is 6.27. The zero-order valence-electron chi connectivity index (χ0n) is 12.9. The lowest BCUT2D eigenvalue weighted by molar-refractivity contribution is -0.116. The molecular formula is C18H16BrN3O2. The average Bonchev–Trinajstić information content (AvgIpc) is 2.57. The first kappa shape index (κ1) is 16.4. The molecule has 3 aromatic rings. The van der Waals surface area contributed by atoms with Crippen molar-refractivity contribution in [2.75, 3.05) is 5.32 Å². The summed E-state index contributed by atoms with van der Waals surface area (Å²) in [5, 5.41) is 3.44. The molecule has 24 heavy (non-hydrogen) atoms. The summed E-state index contributed by atoms with van der Waals surface area (Å²) in [5.41, 5.74) is 1.28. The van der Waals surface area contributed by atoms with Crippen LogP contribution in [0.3, 0.4) is 0 Å². The zero-order chi connectivity index (χ0) is 16.9. The second kappa shape index (κ2) is 7.40. The maximum atomic E-state index is 12.0. The van der Waals surface area contributed by atoms with Crippen molar-refractivity contribution < 1.29 is 4.79 Å². The van der Waals surface area contributed by atoms with Crippen molar-refractivity contribution in [1.82, 2.24) is 9.97 Å². The molecular weight excluding hydrogens is 370 g/mol. The topological polar surface area (TPSA) is 74.8 Å². The molecule has 3 rings (SSSR count). The number of carbonyl (C=O) groups excluding carboxylic acids is 1. The van der Waals surface area contributed by atoms with Gasteiger partial charge in [-0.05, 0) is 46.6 Å². The molecule has 0 saturated heterocycles. The van der Waals surface area contributed by atoms with Gasteiger partial charge in [0.25, 0.3) is 5.56 Å². The standard InChI is InChI=1S/C18H16BrN3O2/c19-13-7-2-4-9-15(13)21-17(23)11-5-10-16-20-14-8-3-1-6-12(14)18(24)22-16/h1-4,6-9H,5,10-11H2,(H,21,23)(H,20,22,24). The largest absolute Gasteiger partial charge is 0.325 e. The summed E-state index contributed by atoms with van der Waals surface area (Å²) in [5.74, 6) is 0.539. The van der Waals surface area contributed by atoms with Crippen LogP contribution in [0, 0.1) is 0 Å². The smallest absolute Gasteiger partial charge is 0.258 e. The van der Waals surface area contributed by atoms with Crippen molar-refractivity contribution in [3.63, 3.8) is 0 Å². The number of rotatable bonds is 5. The molecule has 0 aliphatic carbocycles. The number of hydrogen-bond donors (Lipinski definition) is 2. The van der Waals surface area contributed by atoms with Crippen molar-refractivity contribution in [1.29, 1.82) is 0 Å². The number of hydrogen-bond acceptors (Lipinski definition) is 3. The van der Waals surface area contributed by atoms with Gasteiger partial charge in [0.1, 0.15) is 5.82 Å². The number of anilines is 1. The Hall–Kier alpha value is -2.47. The van der Waals surface area contributed by atoms with Crippen LogP contribution in [0.4, 0.5) is 5.69 Å². The van der Waals surface area contributed by atoms with Crippen LogP contribution in [0.15, 0.2) is 57.8 Å². The molecule has 5 nitrogen and oxygen atoms in total. The monoisotopic (exact) mass is 385 g/mol. The van der Waals surface area contributed by atoms with E-state index in [1.54, 1.807) is 6.07 Å². The lowest BCUT2D eigenvalue weighted by Crippen LogP contribution is -2.14. The van der Waals surface area contributed by atoms with Gasteiger partial charge in [-0.3, -0.25) is 9.59 Å². The van der Waals surface area contributed by atoms with E-state index in [1.807, 2.05) is 42.5 Å². The molecule has 1 aromatic heterocycles. The van der Waals surface area contributed by atoms with E-state index in [0.29, 0.717) is 36.0 Å². The highest BCUT2D eigenvalue weighted by Gasteiger charge is 2.07. The molecule has 2 N–H and O–H groups in total. The third-order valence-electron chi connectivity index (χ3n) is 3.63. The summed E-state index contributed by atoms with van der Waals surface area (Å²) in [7, 11) is 0. The van der Waals surface area contributed by atoms with E-state index in [0.717, 1.165) is 10.2 Å². The number of aryl methyl sites for hydroxylation is 1. The van der Waals surface area contributed by atoms with E-state index < -0.39 is 0 Å². The highest BCUT2D eigenvalue weighted by atomic mass is 79.9. The second-order valence-electron chi connectivity index (χ2n) is 5.41. The van der Waals surface area contributed by atoms with E-state index in [4.69, 9.17) is 0 Å². The molecule has 0 bridgehead atoms. The van der Waals surface area contributed by atoms with Crippen LogP contribution in [0.5, 0.6) is 0 Å². The molecule has 122 valence electrons. The van der Waals surface area contributed by atoms with E-state index in [2.05, 4.69) is 31.2 Å². The fraction of sp³-hybridized carbons (Fsp3) is 0.167. The summed E-state index contributed by atoms with van der Waals surface area (Å²) in [6.45, 7) is 0. The van der Waals surface area contributed by atoms with Gasteiger partial charge in [-0.1, -0.05) is 24.3 Å². The Balaban J connectivity index is 1.59. The molecule has 0 fully saturated rings. The lowest BCUT2D eigenvalue weighted by atomic mass is 10.2. The minimum Gasteiger partial charge on any atom is -0.325 e. The highest BCUT2D eigenvalue weighted by Crippen LogP contribution is 2.21. The summed E-state index contributed by atoms with van der Waals surface area (Å²) in [4.78, 5) is 31.2. The first-order valence-corrected chi connectivity index (χ1v) is 8.45. The van der Waals surface area contributed by atoms with Gasteiger partial charge < -0.3 is 10.3 Å². The molecule has 0 spiro atoms. The van der Waals surface area contributed by atoms with E-state index in [9.17, 15) is 9.59 Å². The number of amides is 1. The normalized spacial score (nSPS) is 10.7. The molecule has 0 saturated carbocycles. The van der Waals surface area contributed by atoms with Crippen molar-refractivity contribution >= 4 is 38.4 Å². The van der Waals surface area contributed by atoms with Crippen LogP contribution in [-0.4, -0.2) is 15.9 Å². The predicted molar refractivity (Wildman–Crippen MR) is 98.1 cm³/mol. The predicted octanol–water partition coefficient (Wildman–Crippen LogP) is 3.65. The van der Waals surface area contributed by atoms with Gasteiger partial charge in [-0.15, -0.1) is 0 Å². The quantitative estimate of drug-likeness (QED) is 0.703. The van der Waals surface area contributed by atoms with Gasteiger partial charge in [0.2, 0.25) is 5.91 Å². The third-order valence-corrected chi connectivity index (χ3v) is 4.32. The minimum atomic E-state index is -0.145. The number of halogens is 1. The van der Waals surface area contributed by atoms with Crippen LogP contribution >= 0.6 is 15.9 Å². The Kier molecular flexibility index (Phi) is 5.05. The van der Waals surface area contributed by atoms with Crippen LogP contribution in [0.1, 0.15) is 18.7 Å². The molecule has 6 heteroatoms. The number of aromatic nitrogens is 2. The molecule has 0 atom stereocenters. The summed E-state index contributed by atoms with van der Waals surface area (Å²) in [6, 6.07) is 14.7. The molecule has 0 aliphatic heterocycles. The van der Waals surface area contributed by atoms with Gasteiger partial charge >= 0.3 is 0 Å². The van der Waals surface area contributed by atoms with E-state index >= 15 is 0 Å². The summed E-state index contributed by atoms with van der Waals surface area (Å²) < 4.78 is 0.846. The third kappa shape index (κ3) is 3.89. The minimum absolute atomic E-state index is 0.0648. The van der Waals surface area contributed by atoms with Crippen molar-refractivity contribution in [2.45, 2.75) is 19.3 Å². The van der Waals surface area contributed by atoms with Crippen molar-refractivity contribution in [3.05, 3.63) is 69.2 Å². The Labute approximate surface area is 147 Å². The number of nitrogens with zero attached hydrogens (tertiary/aromatic N) is 1. The number of para-hydroxylation sites is 2. The fourth-order valence-electron chi connectivity index (χ4n) is 2.44. The highest BCUT2D eigenvalue weighted by molar-refractivity contribution is 9.10. The molecule has 0 radical (unpaired) electrons. The van der Waals surface area contributed by atoms with E-state index in [-0.39, 0.29) is 11.5 Å². The number of nitrogens with one attached hydrogen (secondary N) is 2. The Bertz CT molecular complexity index is 937. The van der Waals surface area contributed by atoms with Crippen LogP contribution in [-0.2, 0) is 11.2 Å². The van der Waals surface area contributed by atoms with Gasteiger partial charge in [0.05, 0.1) is 16.6 Å². The number of aromatic amines is 1. The SMILES string of the molecule is O=C(CCCc1nc2ccccc2c(=O)[nH]1)Nc1ccccc1Br. The summed E-state index contributed by atoms with van der Waals surface area (Å²) >= 11 is 3.40. The molecule has 0 unspecified atom stereocenters. The number of carbonyl (C=O) groups is 1. The van der Waals surface area contributed by atoms with Crippen molar-refractivity contribution in [3.8, 4) is 0 Å². The van der Waals surface area contributed by atoms with Gasteiger partial charge in [-0.2, -0.15) is 0 Å². The maximum absolute atomic E-state index is 12.0. The van der Waals surface area contributed by atoms with Crippen LogP contribution in [0.25, 0.3) is 10.9 Å². The molecule has 0 aliphatic rings. The fourth-order valence-corrected chi connectivity index (χ4v) is 2.83. The number of fused-ring (bicyclic) bond motifs is 1. The molecule has 1 heterocycles. The van der Waals surface area contributed by atoms with Gasteiger partial charge in [0, 0.05) is 17.3 Å². The molecule has 1 amide bonds. The maximum Gasteiger partial charge on any atom is 0.258 e.